The van der Waals surface area contributed by atoms with Crippen LogP contribution in [0.5, 0.6) is 0 Å². The number of benzene rings is 1. The summed E-state index contributed by atoms with van der Waals surface area (Å²) in [6, 6.07) is 8.23. The Morgan fingerprint density at radius 3 is 2.81 bits per heavy atom. The lowest BCUT2D eigenvalue weighted by Gasteiger charge is -2.09. The molecule has 2 N–H and O–H groups in total. The van der Waals surface area contributed by atoms with Gasteiger partial charge in [-0.25, -0.2) is 9.97 Å². The van der Waals surface area contributed by atoms with Gasteiger partial charge in [0, 0.05) is 11.1 Å². The third-order valence-corrected chi connectivity index (χ3v) is 4.18. The Balaban J connectivity index is 1.98. The number of nitrogens with zero attached hydrogens (tertiary/aromatic N) is 2. The van der Waals surface area contributed by atoms with Crippen molar-refractivity contribution in [1.82, 2.24) is 15.0 Å². The number of H-pyrrole nitrogens is 1. The van der Waals surface area contributed by atoms with E-state index in [2.05, 4.69) is 22.1 Å². The van der Waals surface area contributed by atoms with Crippen LogP contribution in [-0.4, -0.2) is 20.1 Å². The third-order valence-electron chi connectivity index (χ3n) is 4.18. The molecule has 1 aliphatic carbocycles. The summed E-state index contributed by atoms with van der Waals surface area (Å²) in [6.45, 7) is 2.05. The molecule has 0 spiro atoms. The number of aryl methyl sites for hydroxylation is 1. The van der Waals surface area contributed by atoms with Gasteiger partial charge in [0.05, 0.1) is 24.1 Å². The number of hydrogen-bond acceptors (Lipinski definition) is 3. The molecule has 0 unspecified atom stereocenters. The predicted octanol–water partition coefficient (Wildman–Crippen LogP) is 3.30. The van der Waals surface area contributed by atoms with E-state index in [-0.39, 0.29) is 6.61 Å². The maximum absolute atomic E-state index is 9.34. The first kappa shape index (κ1) is 12.5. The Labute approximate surface area is 122 Å². The Bertz CT molecular complexity index is 818. The number of nitrogens with one attached hydrogen (secondary N) is 1. The number of rotatable bonds is 3. The van der Waals surface area contributed by atoms with Crippen molar-refractivity contribution in [2.45, 2.75) is 32.3 Å². The van der Waals surface area contributed by atoms with Gasteiger partial charge < -0.3 is 10.1 Å². The van der Waals surface area contributed by atoms with Gasteiger partial charge in [-0.2, -0.15) is 0 Å². The summed E-state index contributed by atoms with van der Waals surface area (Å²) in [5.74, 6) is 0.647. The first-order chi connectivity index (χ1) is 10.3. The molecule has 106 valence electrons. The van der Waals surface area contributed by atoms with Crippen molar-refractivity contribution in [3.63, 3.8) is 0 Å². The summed E-state index contributed by atoms with van der Waals surface area (Å²) in [6.07, 6.45) is 4.21. The molecule has 21 heavy (non-hydrogen) atoms. The van der Waals surface area contributed by atoms with Crippen LogP contribution in [0.25, 0.3) is 22.3 Å². The molecule has 1 saturated carbocycles. The van der Waals surface area contributed by atoms with Crippen molar-refractivity contribution in [2.75, 3.05) is 0 Å². The molecule has 0 bridgehead atoms. The maximum Gasteiger partial charge on any atom is 0.109 e. The molecule has 4 nitrogen and oxygen atoms in total. The van der Waals surface area contributed by atoms with Gasteiger partial charge >= 0.3 is 0 Å². The monoisotopic (exact) mass is 279 g/mol. The number of aromatic amines is 1. The molecule has 1 aliphatic rings. The van der Waals surface area contributed by atoms with Crippen molar-refractivity contribution < 1.29 is 5.11 Å². The van der Waals surface area contributed by atoms with Gasteiger partial charge in [-0.05, 0) is 48.9 Å². The van der Waals surface area contributed by atoms with E-state index in [9.17, 15) is 5.11 Å². The fourth-order valence-corrected chi connectivity index (χ4v) is 2.87. The van der Waals surface area contributed by atoms with Crippen LogP contribution in [0, 0.1) is 6.92 Å². The zero-order chi connectivity index (χ0) is 14.4. The summed E-state index contributed by atoms with van der Waals surface area (Å²) < 4.78 is 0. The highest BCUT2D eigenvalue weighted by Gasteiger charge is 2.26. The number of fused-ring (bicyclic) bond motifs is 1. The van der Waals surface area contributed by atoms with Gasteiger partial charge in [-0.1, -0.05) is 12.1 Å². The Morgan fingerprint density at radius 2 is 2.14 bits per heavy atom. The summed E-state index contributed by atoms with van der Waals surface area (Å²) in [5.41, 5.74) is 6.06. The smallest absolute Gasteiger partial charge is 0.109 e. The van der Waals surface area contributed by atoms with Crippen LogP contribution in [0.4, 0.5) is 0 Å². The lowest BCUT2D eigenvalue weighted by atomic mass is 10.0. The number of aliphatic hydroxyl groups excluding tert-OH is 1. The molecular weight excluding hydrogens is 262 g/mol. The van der Waals surface area contributed by atoms with Crippen LogP contribution < -0.4 is 0 Å². The normalized spacial score (nSPS) is 14.8. The fourth-order valence-electron chi connectivity index (χ4n) is 2.87. The predicted molar refractivity (Wildman–Crippen MR) is 82.0 cm³/mol. The molecule has 3 aromatic rings. The molecule has 0 aliphatic heterocycles. The molecule has 2 heterocycles. The average molecular weight is 279 g/mol. The minimum atomic E-state index is 0.0437. The second-order valence-electron chi connectivity index (χ2n) is 5.76. The van der Waals surface area contributed by atoms with E-state index in [1.54, 1.807) is 6.33 Å². The van der Waals surface area contributed by atoms with E-state index in [4.69, 9.17) is 4.98 Å². The summed E-state index contributed by atoms with van der Waals surface area (Å²) >= 11 is 0. The Kier molecular flexibility index (Phi) is 2.79. The molecule has 2 aromatic heterocycles. The van der Waals surface area contributed by atoms with Crippen LogP contribution >= 0.6 is 0 Å². The van der Waals surface area contributed by atoms with E-state index in [0.717, 1.165) is 28.2 Å². The van der Waals surface area contributed by atoms with E-state index in [1.807, 2.05) is 19.1 Å². The number of aromatic nitrogens is 3. The summed E-state index contributed by atoms with van der Waals surface area (Å²) in [4.78, 5) is 12.3. The van der Waals surface area contributed by atoms with Gasteiger partial charge in [0.25, 0.3) is 0 Å². The minimum Gasteiger partial charge on any atom is -0.392 e. The average Bonchev–Trinajstić information content (AvgIpc) is 3.27. The standard InChI is InChI=1S/C17H17N3O/c1-10-17(19-9-18-10)16-7-14(12-3-4-12)13-5-2-11(8-21)6-15(13)20-16/h2,5-7,9,12,21H,3-4,8H2,1H3,(H,18,19). The second kappa shape index (κ2) is 4.67. The maximum atomic E-state index is 9.34. The molecule has 4 rings (SSSR count). The Morgan fingerprint density at radius 1 is 1.29 bits per heavy atom. The van der Waals surface area contributed by atoms with E-state index < -0.39 is 0 Å². The highest BCUT2D eigenvalue weighted by Crippen LogP contribution is 2.44. The Hall–Kier alpha value is -2.20. The van der Waals surface area contributed by atoms with E-state index in [1.165, 1.54) is 23.8 Å². The van der Waals surface area contributed by atoms with E-state index in [0.29, 0.717) is 5.92 Å². The number of aliphatic hydroxyl groups is 1. The first-order valence-corrected chi connectivity index (χ1v) is 7.31. The summed E-state index contributed by atoms with van der Waals surface area (Å²) in [5, 5.41) is 10.5. The number of imidazole rings is 1. The molecule has 0 saturated heterocycles. The van der Waals surface area contributed by atoms with Crippen LogP contribution in [-0.2, 0) is 6.61 Å². The van der Waals surface area contributed by atoms with Crippen LogP contribution in [0.3, 0.4) is 0 Å². The van der Waals surface area contributed by atoms with Gasteiger partial charge in [0.15, 0.2) is 0 Å². The topological polar surface area (TPSA) is 61.8 Å². The molecule has 1 fully saturated rings. The first-order valence-electron chi connectivity index (χ1n) is 7.31. The summed E-state index contributed by atoms with van der Waals surface area (Å²) in [7, 11) is 0. The molecular formula is C17H17N3O. The molecule has 0 amide bonds. The van der Waals surface area contributed by atoms with Gasteiger partial charge in [-0.15, -0.1) is 0 Å². The highest BCUT2D eigenvalue weighted by molar-refractivity contribution is 5.86. The zero-order valence-electron chi connectivity index (χ0n) is 11.9. The lowest BCUT2D eigenvalue weighted by molar-refractivity contribution is 0.282. The number of hydrogen-bond donors (Lipinski definition) is 2. The van der Waals surface area contributed by atoms with Crippen molar-refractivity contribution in [3.05, 3.63) is 47.4 Å². The largest absolute Gasteiger partial charge is 0.392 e. The van der Waals surface area contributed by atoms with Crippen molar-refractivity contribution in [1.29, 1.82) is 0 Å². The highest BCUT2D eigenvalue weighted by atomic mass is 16.3. The SMILES string of the molecule is Cc1[nH]cnc1-c1cc(C2CC2)c2ccc(CO)cc2n1. The second-order valence-corrected chi connectivity index (χ2v) is 5.76. The molecule has 0 atom stereocenters. The van der Waals surface area contributed by atoms with Gasteiger partial charge in [-0.3, -0.25) is 0 Å². The fraction of sp³-hybridized carbons (Fsp3) is 0.294. The van der Waals surface area contributed by atoms with Crippen molar-refractivity contribution in [2.24, 2.45) is 0 Å². The molecule has 1 aromatic carbocycles. The van der Waals surface area contributed by atoms with Crippen molar-refractivity contribution >= 4 is 10.9 Å². The molecule has 4 heteroatoms. The minimum absolute atomic E-state index is 0.0437. The van der Waals surface area contributed by atoms with Crippen LogP contribution in [0.1, 0.15) is 35.6 Å². The van der Waals surface area contributed by atoms with Crippen LogP contribution in [0.15, 0.2) is 30.6 Å². The zero-order valence-corrected chi connectivity index (χ0v) is 11.9. The van der Waals surface area contributed by atoms with E-state index >= 15 is 0 Å². The van der Waals surface area contributed by atoms with Crippen molar-refractivity contribution in [3.8, 4) is 11.4 Å². The van der Waals surface area contributed by atoms with Gasteiger partial charge in [0.1, 0.15) is 5.69 Å². The third kappa shape index (κ3) is 2.12. The van der Waals surface area contributed by atoms with Gasteiger partial charge in [0.2, 0.25) is 0 Å². The quantitative estimate of drug-likeness (QED) is 0.773. The lowest BCUT2D eigenvalue weighted by Crippen LogP contribution is -1.94. The molecule has 0 radical (unpaired) electrons. The number of pyridine rings is 1. The van der Waals surface area contributed by atoms with Crippen LogP contribution in [0.2, 0.25) is 0 Å².